The Labute approximate surface area is 103 Å². The summed E-state index contributed by atoms with van der Waals surface area (Å²) in [7, 11) is 0. The van der Waals surface area contributed by atoms with Gasteiger partial charge in [0.25, 0.3) is 0 Å². The van der Waals surface area contributed by atoms with Gasteiger partial charge in [-0.2, -0.15) is 0 Å². The lowest BCUT2D eigenvalue weighted by Gasteiger charge is -2.21. The van der Waals surface area contributed by atoms with Crippen molar-refractivity contribution in [1.29, 1.82) is 0 Å². The Kier molecular flexibility index (Phi) is 4.54. The van der Waals surface area contributed by atoms with Crippen LogP contribution in [0.25, 0.3) is 0 Å². The second-order valence-electron chi connectivity index (χ2n) is 5.38. The van der Waals surface area contributed by atoms with Gasteiger partial charge >= 0.3 is 0 Å². The summed E-state index contributed by atoms with van der Waals surface area (Å²) in [6, 6.07) is 6.05. The lowest BCUT2D eigenvalue weighted by atomic mass is 9.86. The fraction of sp³-hybridized carbons (Fsp3) is 0.571. The normalized spacial score (nSPS) is 13.5. The summed E-state index contributed by atoms with van der Waals surface area (Å²) >= 11 is 0. The van der Waals surface area contributed by atoms with Crippen LogP contribution in [0, 0.1) is 6.92 Å². The monoisotopic (exact) mass is 238 g/mol. The predicted molar refractivity (Wildman–Crippen MR) is 68.5 cm³/mol. The fourth-order valence-corrected chi connectivity index (χ4v) is 1.52. The maximum absolute atomic E-state index is 9.22. The molecule has 1 atom stereocenters. The predicted octanol–water partition coefficient (Wildman–Crippen LogP) is 2.02. The van der Waals surface area contributed by atoms with Crippen LogP contribution in [0.1, 0.15) is 31.9 Å². The minimum atomic E-state index is -0.823. The minimum absolute atomic E-state index is 0.117. The van der Waals surface area contributed by atoms with Gasteiger partial charge in [-0.25, -0.2) is 0 Å². The highest BCUT2D eigenvalue weighted by atomic mass is 16.5. The molecule has 0 bridgehead atoms. The molecule has 0 amide bonds. The molecular formula is C14H22O3. The highest BCUT2D eigenvalue weighted by Gasteiger charge is 2.15. The lowest BCUT2D eigenvalue weighted by Crippen LogP contribution is -2.21. The van der Waals surface area contributed by atoms with E-state index in [1.54, 1.807) is 0 Å². The van der Waals surface area contributed by atoms with Crippen molar-refractivity contribution >= 4 is 0 Å². The summed E-state index contributed by atoms with van der Waals surface area (Å²) in [5, 5.41) is 17.9. The van der Waals surface area contributed by atoms with Gasteiger partial charge in [0.05, 0.1) is 6.61 Å². The molecule has 0 aromatic heterocycles. The van der Waals surface area contributed by atoms with E-state index in [0.29, 0.717) is 0 Å². The van der Waals surface area contributed by atoms with Crippen molar-refractivity contribution in [2.75, 3.05) is 13.2 Å². The quantitative estimate of drug-likeness (QED) is 0.843. The first-order valence-corrected chi connectivity index (χ1v) is 5.87. The van der Waals surface area contributed by atoms with Gasteiger partial charge in [-0.1, -0.05) is 32.9 Å². The average molecular weight is 238 g/mol. The Morgan fingerprint density at radius 1 is 1.29 bits per heavy atom. The number of rotatable bonds is 4. The molecule has 0 aliphatic heterocycles. The molecule has 0 aliphatic rings. The third kappa shape index (κ3) is 4.02. The summed E-state index contributed by atoms with van der Waals surface area (Å²) < 4.78 is 5.45. The Morgan fingerprint density at radius 3 is 2.41 bits per heavy atom. The number of ether oxygens (including phenoxy) is 1. The van der Waals surface area contributed by atoms with Gasteiger partial charge in [0.1, 0.15) is 18.5 Å². The zero-order chi connectivity index (χ0) is 13.1. The molecule has 0 radical (unpaired) electrons. The average Bonchev–Trinajstić information content (AvgIpc) is 2.25. The molecule has 0 spiro atoms. The van der Waals surface area contributed by atoms with E-state index in [4.69, 9.17) is 9.84 Å². The molecule has 0 heterocycles. The van der Waals surface area contributed by atoms with E-state index < -0.39 is 6.10 Å². The molecule has 3 heteroatoms. The maximum Gasteiger partial charge on any atom is 0.122 e. The van der Waals surface area contributed by atoms with Crippen LogP contribution in [0.2, 0.25) is 0 Å². The SMILES string of the molecule is Cc1cc(C(C)(C)C)ccc1OC[C@@H](O)CO. The van der Waals surface area contributed by atoms with E-state index in [-0.39, 0.29) is 18.6 Å². The van der Waals surface area contributed by atoms with Crippen molar-refractivity contribution in [3.8, 4) is 5.75 Å². The molecule has 0 fully saturated rings. The Morgan fingerprint density at radius 2 is 1.94 bits per heavy atom. The van der Waals surface area contributed by atoms with E-state index in [2.05, 4.69) is 26.8 Å². The number of aryl methyl sites for hydroxylation is 1. The molecule has 17 heavy (non-hydrogen) atoms. The smallest absolute Gasteiger partial charge is 0.122 e. The van der Waals surface area contributed by atoms with Gasteiger partial charge in [0, 0.05) is 0 Å². The highest BCUT2D eigenvalue weighted by molar-refractivity contribution is 5.38. The van der Waals surface area contributed by atoms with Crippen LogP contribution in [-0.4, -0.2) is 29.5 Å². The summed E-state index contributed by atoms with van der Waals surface area (Å²) in [5.74, 6) is 0.755. The van der Waals surface area contributed by atoms with Crippen LogP contribution >= 0.6 is 0 Å². The Hall–Kier alpha value is -1.06. The van der Waals surface area contributed by atoms with Crippen molar-refractivity contribution < 1.29 is 14.9 Å². The molecule has 1 aromatic carbocycles. The van der Waals surface area contributed by atoms with Gasteiger partial charge in [-0.3, -0.25) is 0 Å². The van der Waals surface area contributed by atoms with Gasteiger partial charge in [0.2, 0.25) is 0 Å². The van der Waals surface area contributed by atoms with Crippen molar-refractivity contribution in [3.05, 3.63) is 29.3 Å². The number of aliphatic hydroxyl groups excluding tert-OH is 2. The summed E-state index contributed by atoms with van der Waals surface area (Å²) in [5.41, 5.74) is 2.42. The molecule has 1 aromatic rings. The molecular weight excluding hydrogens is 216 g/mol. The second-order valence-corrected chi connectivity index (χ2v) is 5.38. The molecule has 1 rings (SSSR count). The summed E-state index contributed by atoms with van der Waals surface area (Å²) in [4.78, 5) is 0. The number of aliphatic hydroxyl groups is 2. The summed E-state index contributed by atoms with van der Waals surface area (Å²) in [6.45, 7) is 8.31. The maximum atomic E-state index is 9.22. The van der Waals surface area contributed by atoms with E-state index in [1.165, 1.54) is 5.56 Å². The van der Waals surface area contributed by atoms with Crippen molar-refractivity contribution in [2.24, 2.45) is 0 Å². The number of hydrogen-bond acceptors (Lipinski definition) is 3. The van der Waals surface area contributed by atoms with Gasteiger partial charge < -0.3 is 14.9 Å². The molecule has 96 valence electrons. The molecule has 2 N–H and O–H groups in total. The van der Waals surface area contributed by atoms with Crippen LogP contribution < -0.4 is 4.74 Å². The third-order valence-electron chi connectivity index (χ3n) is 2.68. The second kappa shape index (κ2) is 5.52. The Bertz CT molecular complexity index is 366. The van der Waals surface area contributed by atoms with Crippen LogP contribution in [-0.2, 0) is 5.41 Å². The van der Waals surface area contributed by atoms with Crippen LogP contribution in [0.3, 0.4) is 0 Å². The van der Waals surface area contributed by atoms with E-state index in [0.717, 1.165) is 11.3 Å². The third-order valence-corrected chi connectivity index (χ3v) is 2.68. The van der Waals surface area contributed by atoms with Gasteiger partial charge in [-0.15, -0.1) is 0 Å². The molecule has 0 unspecified atom stereocenters. The van der Waals surface area contributed by atoms with Crippen molar-refractivity contribution in [2.45, 2.75) is 39.2 Å². The number of hydrogen-bond donors (Lipinski definition) is 2. The molecule has 0 aliphatic carbocycles. The van der Waals surface area contributed by atoms with Crippen molar-refractivity contribution in [1.82, 2.24) is 0 Å². The van der Waals surface area contributed by atoms with Crippen LogP contribution in [0.4, 0.5) is 0 Å². The van der Waals surface area contributed by atoms with Crippen LogP contribution in [0.5, 0.6) is 5.75 Å². The molecule has 0 saturated heterocycles. The minimum Gasteiger partial charge on any atom is -0.491 e. The summed E-state index contributed by atoms with van der Waals surface area (Å²) in [6.07, 6.45) is -0.823. The van der Waals surface area contributed by atoms with Gasteiger partial charge in [0.15, 0.2) is 0 Å². The number of benzene rings is 1. The van der Waals surface area contributed by atoms with Crippen LogP contribution in [0.15, 0.2) is 18.2 Å². The van der Waals surface area contributed by atoms with Gasteiger partial charge in [-0.05, 0) is 29.5 Å². The van der Waals surface area contributed by atoms with E-state index >= 15 is 0 Å². The first-order valence-electron chi connectivity index (χ1n) is 5.87. The fourth-order valence-electron chi connectivity index (χ4n) is 1.52. The first-order chi connectivity index (χ1) is 7.84. The molecule has 0 saturated carbocycles. The largest absolute Gasteiger partial charge is 0.491 e. The zero-order valence-corrected chi connectivity index (χ0v) is 11.0. The topological polar surface area (TPSA) is 49.7 Å². The highest BCUT2D eigenvalue weighted by Crippen LogP contribution is 2.27. The molecule has 3 nitrogen and oxygen atoms in total. The standard InChI is InChI=1S/C14H22O3/c1-10-7-11(14(2,3)4)5-6-13(10)17-9-12(16)8-15/h5-7,12,15-16H,8-9H2,1-4H3/t12-/m0/s1. The lowest BCUT2D eigenvalue weighted by molar-refractivity contribution is 0.0534. The first kappa shape index (κ1) is 14.0. The van der Waals surface area contributed by atoms with Crippen molar-refractivity contribution in [3.63, 3.8) is 0 Å². The zero-order valence-electron chi connectivity index (χ0n) is 11.0. The van der Waals surface area contributed by atoms with E-state index in [9.17, 15) is 5.11 Å². The Balaban J connectivity index is 2.77. The van der Waals surface area contributed by atoms with E-state index in [1.807, 2.05) is 19.1 Å².